The Morgan fingerprint density at radius 1 is 1.32 bits per heavy atom. The van der Waals surface area contributed by atoms with Crippen LogP contribution >= 0.6 is 0 Å². The fraction of sp³-hybridized carbons (Fsp3) is 0.444. The second-order valence-corrected chi connectivity index (χ2v) is 6.26. The maximum Gasteiger partial charge on any atom is 0.273 e. The van der Waals surface area contributed by atoms with Gasteiger partial charge in [-0.25, -0.2) is 4.68 Å². The average molecular weight is 341 g/mol. The molecule has 2 aromatic rings. The molecule has 2 amide bonds. The fourth-order valence-electron chi connectivity index (χ4n) is 2.96. The van der Waals surface area contributed by atoms with Crippen molar-refractivity contribution in [3.63, 3.8) is 0 Å². The number of aromatic nitrogens is 3. The van der Waals surface area contributed by atoms with Gasteiger partial charge in [0, 0.05) is 26.1 Å². The van der Waals surface area contributed by atoms with Crippen LogP contribution in [-0.4, -0.2) is 51.3 Å². The quantitative estimate of drug-likeness (QED) is 0.776. The number of carbonyl (C=O) groups is 2. The third kappa shape index (κ3) is 4.23. The van der Waals surface area contributed by atoms with Crippen molar-refractivity contribution in [2.24, 2.45) is 0 Å². The summed E-state index contributed by atoms with van der Waals surface area (Å²) in [5.74, 6) is -0.0246. The van der Waals surface area contributed by atoms with E-state index >= 15 is 0 Å². The minimum absolute atomic E-state index is 0.0106. The highest BCUT2D eigenvalue weighted by Gasteiger charge is 2.19. The summed E-state index contributed by atoms with van der Waals surface area (Å²) >= 11 is 0. The maximum atomic E-state index is 12.2. The Kier molecular flexibility index (Phi) is 5.42. The molecule has 0 spiro atoms. The van der Waals surface area contributed by atoms with E-state index in [2.05, 4.69) is 15.6 Å². The molecule has 1 saturated heterocycles. The van der Waals surface area contributed by atoms with Crippen LogP contribution in [0.1, 0.15) is 48.3 Å². The molecule has 25 heavy (non-hydrogen) atoms. The minimum atomic E-state index is -0.237. The van der Waals surface area contributed by atoms with E-state index in [-0.39, 0.29) is 17.9 Å². The highest BCUT2D eigenvalue weighted by Crippen LogP contribution is 2.16. The molecule has 1 aromatic heterocycles. The number of nitrogens with one attached hydrogen (secondary N) is 1. The molecule has 132 valence electrons. The van der Waals surface area contributed by atoms with Gasteiger partial charge in [0.1, 0.15) is 0 Å². The summed E-state index contributed by atoms with van der Waals surface area (Å²) in [5.41, 5.74) is 1.41. The predicted octanol–water partition coefficient (Wildman–Crippen LogP) is 1.63. The van der Waals surface area contributed by atoms with Gasteiger partial charge in [0.2, 0.25) is 5.91 Å². The number of hydrogen-bond donors (Lipinski definition) is 1. The number of amides is 2. The Labute approximate surface area is 147 Å². The topological polar surface area (TPSA) is 80.1 Å². The SMILES string of the molecule is C[C@H](c1ccccc1)n1cc(C(=O)NCCCN2CCCC2=O)nn1. The zero-order valence-corrected chi connectivity index (χ0v) is 14.4. The predicted molar refractivity (Wildman–Crippen MR) is 93.0 cm³/mol. The summed E-state index contributed by atoms with van der Waals surface area (Å²) in [6.07, 6.45) is 3.99. The molecule has 1 N–H and O–H groups in total. The molecule has 0 bridgehead atoms. The maximum absolute atomic E-state index is 12.2. The zero-order valence-electron chi connectivity index (χ0n) is 14.4. The van der Waals surface area contributed by atoms with Crippen LogP contribution in [0.25, 0.3) is 0 Å². The number of rotatable bonds is 7. The lowest BCUT2D eigenvalue weighted by molar-refractivity contribution is -0.127. The first kappa shape index (κ1) is 17.1. The average Bonchev–Trinajstić information content (AvgIpc) is 3.28. The first-order valence-corrected chi connectivity index (χ1v) is 8.68. The third-order valence-corrected chi connectivity index (χ3v) is 4.48. The van der Waals surface area contributed by atoms with E-state index in [9.17, 15) is 9.59 Å². The molecule has 1 aliphatic heterocycles. The van der Waals surface area contributed by atoms with Gasteiger partial charge >= 0.3 is 0 Å². The summed E-state index contributed by atoms with van der Waals surface area (Å²) in [5, 5.41) is 10.9. The van der Waals surface area contributed by atoms with Crippen molar-refractivity contribution in [1.29, 1.82) is 0 Å². The van der Waals surface area contributed by atoms with E-state index in [0.717, 1.165) is 24.9 Å². The molecule has 0 unspecified atom stereocenters. The van der Waals surface area contributed by atoms with Crippen molar-refractivity contribution >= 4 is 11.8 Å². The molecule has 2 heterocycles. The molecular weight excluding hydrogens is 318 g/mol. The largest absolute Gasteiger partial charge is 0.351 e. The van der Waals surface area contributed by atoms with Gasteiger partial charge in [-0.05, 0) is 25.3 Å². The number of hydrogen-bond acceptors (Lipinski definition) is 4. The Morgan fingerprint density at radius 3 is 2.84 bits per heavy atom. The molecule has 7 nitrogen and oxygen atoms in total. The van der Waals surface area contributed by atoms with Crippen LogP contribution in [0.5, 0.6) is 0 Å². The molecule has 0 aliphatic carbocycles. The lowest BCUT2D eigenvalue weighted by Gasteiger charge is -2.15. The van der Waals surface area contributed by atoms with Crippen molar-refractivity contribution in [3.05, 3.63) is 47.8 Å². The second-order valence-electron chi connectivity index (χ2n) is 6.26. The first-order valence-electron chi connectivity index (χ1n) is 8.68. The summed E-state index contributed by atoms with van der Waals surface area (Å²) in [4.78, 5) is 25.5. The smallest absolute Gasteiger partial charge is 0.273 e. The van der Waals surface area contributed by atoms with Gasteiger partial charge in [0.05, 0.1) is 12.2 Å². The van der Waals surface area contributed by atoms with Crippen molar-refractivity contribution in [2.75, 3.05) is 19.6 Å². The summed E-state index contributed by atoms with van der Waals surface area (Å²) in [6.45, 7) is 4.05. The second kappa shape index (κ2) is 7.92. The van der Waals surface area contributed by atoms with Crippen LogP contribution in [0.15, 0.2) is 36.5 Å². The monoisotopic (exact) mass is 341 g/mol. The standard InChI is InChI=1S/C18H23N5O2/c1-14(15-7-3-2-4-8-15)23-13-16(20-21-23)18(25)19-10-6-12-22-11-5-9-17(22)24/h2-4,7-8,13-14H,5-6,9-12H2,1H3,(H,19,25)/t14-/m1/s1. The van der Waals surface area contributed by atoms with Gasteiger partial charge in [-0.15, -0.1) is 5.10 Å². The molecule has 1 aromatic carbocycles. The molecular formula is C18H23N5O2. The molecule has 1 fully saturated rings. The Bertz CT molecular complexity index is 728. The summed E-state index contributed by atoms with van der Waals surface area (Å²) < 4.78 is 1.69. The highest BCUT2D eigenvalue weighted by molar-refractivity contribution is 5.91. The van der Waals surface area contributed by atoms with Crippen LogP contribution in [0.2, 0.25) is 0 Å². The highest BCUT2D eigenvalue weighted by atomic mass is 16.2. The summed E-state index contributed by atoms with van der Waals surface area (Å²) in [6, 6.07) is 9.96. The Hall–Kier alpha value is -2.70. The van der Waals surface area contributed by atoms with Gasteiger partial charge in [0.25, 0.3) is 5.91 Å². The van der Waals surface area contributed by atoms with Gasteiger partial charge in [-0.3, -0.25) is 9.59 Å². The lowest BCUT2D eigenvalue weighted by Crippen LogP contribution is -2.30. The molecule has 1 atom stereocenters. The van der Waals surface area contributed by atoms with E-state index in [1.54, 1.807) is 10.9 Å². The first-order chi connectivity index (χ1) is 12.1. The van der Waals surface area contributed by atoms with Crippen molar-refractivity contribution in [2.45, 2.75) is 32.2 Å². The number of likely N-dealkylation sites (tertiary alicyclic amines) is 1. The van der Waals surface area contributed by atoms with Crippen LogP contribution in [0.3, 0.4) is 0 Å². The fourth-order valence-corrected chi connectivity index (χ4v) is 2.96. The molecule has 3 rings (SSSR count). The van der Waals surface area contributed by atoms with E-state index in [4.69, 9.17) is 0 Å². The normalized spacial score (nSPS) is 15.4. The molecule has 1 aliphatic rings. The van der Waals surface area contributed by atoms with Crippen LogP contribution in [-0.2, 0) is 4.79 Å². The van der Waals surface area contributed by atoms with Crippen molar-refractivity contribution in [3.8, 4) is 0 Å². The van der Waals surface area contributed by atoms with Crippen LogP contribution in [0, 0.1) is 0 Å². The van der Waals surface area contributed by atoms with Gasteiger partial charge in [-0.2, -0.15) is 0 Å². The lowest BCUT2D eigenvalue weighted by atomic mass is 10.1. The van der Waals surface area contributed by atoms with Gasteiger partial charge in [0.15, 0.2) is 5.69 Å². The van der Waals surface area contributed by atoms with Gasteiger partial charge in [-0.1, -0.05) is 35.5 Å². The van der Waals surface area contributed by atoms with Crippen molar-refractivity contribution < 1.29 is 9.59 Å². The van der Waals surface area contributed by atoms with Gasteiger partial charge < -0.3 is 10.2 Å². The van der Waals surface area contributed by atoms with E-state index in [1.165, 1.54) is 0 Å². The minimum Gasteiger partial charge on any atom is -0.351 e. The van der Waals surface area contributed by atoms with Crippen molar-refractivity contribution in [1.82, 2.24) is 25.2 Å². The summed E-state index contributed by atoms with van der Waals surface area (Å²) in [7, 11) is 0. The molecule has 0 radical (unpaired) electrons. The number of benzene rings is 1. The van der Waals surface area contributed by atoms with Crippen LogP contribution in [0.4, 0.5) is 0 Å². The van der Waals surface area contributed by atoms with E-state index in [0.29, 0.717) is 25.2 Å². The number of nitrogens with zero attached hydrogens (tertiary/aromatic N) is 4. The molecule has 7 heteroatoms. The third-order valence-electron chi connectivity index (χ3n) is 4.48. The number of carbonyl (C=O) groups excluding carboxylic acids is 2. The Balaban J connectivity index is 1.48. The van der Waals surface area contributed by atoms with E-state index in [1.807, 2.05) is 42.2 Å². The van der Waals surface area contributed by atoms with Crippen LogP contribution < -0.4 is 5.32 Å². The van der Waals surface area contributed by atoms with E-state index < -0.39 is 0 Å². The molecule has 0 saturated carbocycles. The Morgan fingerprint density at radius 2 is 2.12 bits per heavy atom. The zero-order chi connectivity index (χ0) is 17.6.